The molecule has 3 atom stereocenters. The lowest BCUT2D eigenvalue weighted by Crippen LogP contribution is -2.29. The van der Waals surface area contributed by atoms with Gasteiger partial charge < -0.3 is 24.6 Å². The van der Waals surface area contributed by atoms with E-state index in [0.29, 0.717) is 12.8 Å². The Balaban J connectivity index is 4.43. The van der Waals surface area contributed by atoms with Crippen LogP contribution in [0.15, 0.2) is 60.8 Å². The third kappa shape index (κ3) is 35.8. The standard InChI is InChI=1S/C40H69O10P/c1-3-5-7-9-11-13-15-16-17-18-19-20-22-23-25-27-29-31-39(43)47-35-38(36-49-51(45,46)48-34-37(42)33-41)50-40(44)32-30-28-26-24-21-14-12-10-8-6-4-2/h7,9-10,12-13,15,17-18,20,22,37-38,41-42H,3-6,8,11,14,16,19,21,23-36H2,1-2H3,(H,45,46)/b9-7+,12-10+,15-13+,18-17+,22-20+/t37-,38+/m1/s1. The van der Waals surface area contributed by atoms with E-state index in [9.17, 15) is 24.2 Å². The van der Waals surface area contributed by atoms with Crippen molar-refractivity contribution in [3.63, 3.8) is 0 Å². The molecule has 0 aromatic rings. The fraction of sp³-hybridized carbons (Fsp3) is 0.700. The molecule has 0 saturated carbocycles. The maximum absolute atomic E-state index is 12.5. The minimum absolute atomic E-state index is 0.163. The number of hydrogen-bond donors (Lipinski definition) is 3. The smallest absolute Gasteiger partial charge is 0.462 e. The lowest BCUT2D eigenvalue weighted by molar-refractivity contribution is -0.161. The van der Waals surface area contributed by atoms with Crippen molar-refractivity contribution in [1.29, 1.82) is 0 Å². The summed E-state index contributed by atoms with van der Waals surface area (Å²) in [5.41, 5.74) is 0. The number of aliphatic hydroxyl groups excluding tert-OH is 2. The molecule has 0 aliphatic carbocycles. The first-order chi connectivity index (χ1) is 24.7. The molecule has 294 valence electrons. The van der Waals surface area contributed by atoms with Crippen LogP contribution >= 0.6 is 7.82 Å². The van der Waals surface area contributed by atoms with Crippen LogP contribution in [-0.4, -0.2) is 65.7 Å². The Morgan fingerprint density at radius 2 is 1.06 bits per heavy atom. The van der Waals surface area contributed by atoms with Gasteiger partial charge in [-0.05, 0) is 70.6 Å². The zero-order valence-corrected chi connectivity index (χ0v) is 32.4. The van der Waals surface area contributed by atoms with Gasteiger partial charge in [-0.25, -0.2) is 4.57 Å². The Labute approximate surface area is 308 Å². The number of allylic oxidation sites excluding steroid dienone is 10. The van der Waals surface area contributed by atoms with E-state index in [2.05, 4.69) is 79.1 Å². The Bertz CT molecular complexity index is 1040. The maximum Gasteiger partial charge on any atom is 0.472 e. The molecule has 1 unspecified atom stereocenters. The van der Waals surface area contributed by atoms with Gasteiger partial charge in [0.05, 0.1) is 19.8 Å². The highest BCUT2D eigenvalue weighted by molar-refractivity contribution is 7.47. The molecule has 0 aliphatic rings. The van der Waals surface area contributed by atoms with Gasteiger partial charge in [0.15, 0.2) is 6.10 Å². The molecule has 3 N–H and O–H groups in total. The van der Waals surface area contributed by atoms with Gasteiger partial charge in [-0.3, -0.25) is 18.6 Å². The van der Waals surface area contributed by atoms with Gasteiger partial charge in [-0.2, -0.15) is 0 Å². The molecule has 0 saturated heterocycles. The van der Waals surface area contributed by atoms with E-state index in [0.717, 1.165) is 83.5 Å². The van der Waals surface area contributed by atoms with Crippen LogP contribution in [0.1, 0.15) is 142 Å². The number of phosphoric acid groups is 1. The van der Waals surface area contributed by atoms with Crippen LogP contribution in [0.25, 0.3) is 0 Å². The second kappa shape index (κ2) is 36.0. The van der Waals surface area contributed by atoms with E-state index >= 15 is 0 Å². The normalized spacial score (nSPS) is 14.7. The number of esters is 2. The Hall–Kier alpha value is -2.33. The second-order valence-electron chi connectivity index (χ2n) is 12.6. The van der Waals surface area contributed by atoms with Gasteiger partial charge in [0.25, 0.3) is 0 Å². The highest BCUT2D eigenvalue weighted by Crippen LogP contribution is 2.43. The van der Waals surface area contributed by atoms with Crippen molar-refractivity contribution < 1.29 is 47.8 Å². The van der Waals surface area contributed by atoms with Gasteiger partial charge >= 0.3 is 19.8 Å². The molecule has 0 amide bonds. The summed E-state index contributed by atoms with van der Waals surface area (Å²) in [4.78, 5) is 34.8. The Morgan fingerprint density at radius 1 is 0.588 bits per heavy atom. The summed E-state index contributed by atoms with van der Waals surface area (Å²) in [7, 11) is -4.62. The van der Waals surface area contributed by atoms with Crippen molar-refractivity contribution >= 4 is 19.8 Å². The predicted molar refractivity (Wildman–Crippen MR) is 205 cm³/mol. The predicted octanol–water partition coefficient (Wildman–Crippen LogP) is 9.55. The topological polar surface area (TPSA) is 149 Å². The van der Waals surface area contributed by atoms with E-state index in [1.165, 1.54) is 19.3 Å². The van der Waals surface area contributed by atoms with Crippen molar-refractivity contribution in [2.75, 3.05) is 26.4 Å². The minimum atomic E-state index is -4.62. The number of hydrogen-bond acceptors (Lipinski definition) is 9. The van der Waals surface area contributed by atoms with E-state index in [1.54, 1.807) is 0 Å². The highest BCUT2D eigenvalue weighted by Gasteiger charge is 2.27. The van der Waals surface area contributed by atoms with Gasteiger partial charge in [-0.15, -0.1) is 0 Å². The van der Waals surface area contributed by atoms with Crippen LogP contribution < -0.4 is 0 Å². The van der Waals surface area contributed by atoms with Gasteiger partial charge in [-0.1, -0.05) is 120 Å². The van der Waals surface area contributed by atoms with Crippen molar-refractivity contribution in [2.24, 2.45) is 0 Å². The van der Waals surface area contributed by atoms with Crippen LogP contribution in [0.3, 0.4) is 0 Å². The number of ether oxygens (including phenoxy) is 2. The quantitative estimate of drug-likeness (QED) is 0.0248. The van der Waals surface area contributed by atoms with Crippen LogP contribution in [-0.2, 0) is 32.7 Å². The van der Waals surface area contributed by atoms with Crippen LogP contribution in [0, 0.1) is 0 Å². The van der Waals surface area contributed by atoms with Crippen LogP contribution in [0.5, 0.6) is 0 Å². The van der Waals surface area contributed by atoms with Crippen LogP contribution in [0.2, 0.25) is 0 Å². The zero-order chi connectivity index (χ0) is 37.7. The Morgan fingerprint density at radius 3 is 1.65 bits per heavy atom. The molecule has 0 aromatic carbocycles. The molecule has 0 fully saturated rings. The molecular weight excluding hydrogens is 671 g/mol. The van der Waals surface area contributed by atoms with E-state index < -0.39 is 51.8 Å². The summed E-state index contributed by atoms with van der Waals surface area (Å²) in [6, 6.07) is 0. The fourth-order valence-electron chi connectivity index (χ4n) is 4.61. The summed E-state index contributed by atoms with van der Waals surface area (Å²) in [6.45, 7) is 2.19. The molecule has 0 heterocycles. The summed E-state index contributed by atoms with van der Waals surface area (Å²) in [5, 5.41) is 18.3. The Kier molecular flexibility index (Phi) is 34.4. The van der Waals surface area contributed by atoms with Crippen molar-refractivity contribution in [2.45, 2.75) is 154 Å². The second-order valence-corrected chi connectivity index (χ2v) is 14.0. The van der Waals surface area contributed by atoms with Gasteiger partial charge in [0, 0.05) is 12.8 Å². The van der Waals surface area contributed by atoms with Crippen molar-refractivity contribution in [3.05, 3.63) is 60.8 Å². The minimum Gasteiger partial charge on any atom is -0.462 e. The SMILES string of the molecule is CCC/C=C/C/C=C/C/C=C/C/C=C/CCCCCC(=O)OC[C@@H](COP(=O)(O)OC[C@H](O)CO)OC(=O)CCCCCCC/C=C/CCCC. The van der Waals surface area contributed by atoms with Gasteiger partial charge in [0.1, 0.15) is 12.7 Å². The summed E-state index contributed by atoms with van der Waals surface area (Å²) in [5.74, 6) is -0.980. The lowest BCUT2D eigenvalue weighted by atomic mass is 10.1. The molecule has 0 radical (unpaired) electrons. The zero-order valence-electron chi connectivity index (χ0n) is 31.5. The summed E-state index contributed by atoms with van der Waals surface area (Å²) >= 11 is 0. The average molecular weight is 741 g/mol. The highest BCUT2D eigenvalue weighted by atomic mass is 31.2. The van der Waals surface area contributed by atoms with E-state index in [1.807, 2.05) is 0 Å². The number of carbonyl (C=O) groups is 2. The summed E-state index contributed by atoms with van der Waals surface area (Å²) in [6.07, 6.45) is 37.6. The molecule has 51 heavy (non-hydrogen) atoms. The molecular formula is C40H69O10P. The van der Waals surface area contributed by atoms with Gasteiger partial charge in [0.2, 0.25) is 0 Å². The van der Waals surface area contributed by atoms with E-state index in [4.69, 9.17) is 19.1 Å². The molecule has 10 nitrogen and oxygen atoms in total. The molecule has 0 rings (SSSR count). The molecule has 0 aliphatic heterocycles. The maximum atomic E-state index is 12.5. The fourth-order valence-corrected chi connectivity index (χ4v) is 5.40. The third-order valence-electron chi connectivity index (χ3n) is 7.63. The first-order valence-electron chi connectivity index (χ1n) is 19.2. The molecule has 11 heteroatoms. The monoisotopic (exact) mass is 740 g/mol. The van der Waals surface area contributed by atoms with Crippen molar-refractivity contribution in [1.82, 2.24) is 0 Å². The number of aliphatic hydroxyl groups is 2. The van der Waals surface area contributed by atoms with Crippen LogP contribution in [0.4, 0.5) is 0 Å². The lowest BCUT2D eigenvalue weighted by Gasteiger charge is -2.20. The average Bonchev–Trinajstić information content (AvgIpc) is 3.12. The third-order valence-corrected chi connectivity index (χ3v) is 8.58. The molecule has 0 spiro atoms. The largest absolute Gasteiger partial charge is 0.472 e. The molecule has 0 bridgehead atoms. The number of unbranched alkanes of at least 4 members (excludes halogenated alkanes) is 11. The number of rotatable bonds is 35. The van der Waals surface area contributed by atoms with E-state index in [-0.39, 0.29) is 19.4 Å². The van der Waals surface area contributed by atoms with Crippen molar-refractivity contribution in [3.8, 4) is 0 Å². The summed E-state index contributed by atoms with van der Waals surface area (Å²) < 4.78 is 32.5. The number of phosphoric ester groups is 1. The first kappa shape index (κ1) is 48.7. The number of carbonyl (C=O) groups excluding carboxylic acids is 2. The molecule has 0 aromatic heterocycles. The first-order valence-corrected chi connectivity index (χ1v) is 20.7.